The van der Waals surface area contributed by atoms with Gasteiger partial charge in [-0.1, -0.05) is 455 Å². The van der Waals surface area contributed by atoms with Crippen molar-refractivity contribution < 1.29 is 24.5 Å². The number of unbranched alkanes of at least 4 members (excludes halogenated alkanes) is 71. The number of ether oxygens (including phenoxy) is 1. The second-order valence-electron chi connectivity index (χ2n) is 31.3. The molecular weight excluding hydrogens is 1200 g/mol. The standard InChI is InChI=1S/C92H177NO5/c1-3-5-7-9-11-13-15-17-19-21-22-23-24-40-43-46-49-53-56-60-64-68-72-76-80-84-90(95)89(88-94)93-91(96)85-81-77-73-69-65-61-57-54-50-47-44-41-38-36-34-32-30-28-26-25-27-29-31-33-35-37-39-42-45-48-51-55-59-63-67-71-75-79-83-87-98-92(97)86-82-78-74-70-66-62-58-52-20-18-16-14-12-10-8-6-4-2/h18,20,25-26,80,84,89-90,94-95H,3-17,19,21-24,27-79,81-83,85-88H2,1-2H3,(H,93,96)/b20-18-,26-25-,84-80+. The summed E-state index contributed by atoms with van der Waals surface area (Å²) in [6.45, 7) is 4.96. The van der Waals surface area contributed by atoms with Crippen LogP contribution in [0.15, 0.2) is 36.5 Å². The SMILES string of the molecule is CCCCCCCC/C=C\CCCCCCCCCC(=O)OCCCCCCCCCCCCCCCCCCCC/C=C\CCCCCCCCCCCCCCCCCCCC(=O)NC(CO)C(O)/C=C/CCCCCCCCCCCCCCCCCCCCCCCCC. The van der Waals surface area contributed by atoms with Crippen LogP contribution in [0, 0.1) is 0 Å². The Morgan fingerprint density at radius 1 is 0.276 bits per heavy atom. The fourth-order valence-electron chi connectivity index (χ4n) is 14.5. The number of aliphatic hydroxyl groups excluding tert-OH is 2. The molecule has 0 aromatic rings. The molecule has 0 spiro atoms. The molecule has 0 saturated heterocycles. The number of rotatable bonds is 86. The summed E-state index contributed by atoms with van der Waals surface area (Å²) in [5.41, 5.74) is 0. The summed E-state index contributed by atoms with van der Waals surface area (Å²) in [5, 5.41) is 23.4. The molecule has 6 nitrogen and oxygen atoms in total. The van der Waals surface area contributed by atoms with Gasteiger partial charge in [0.2, 0.25) is 5.91 Å². The Morgan fingerprint density at radius 2 is 0.480 bits per heavy atom. The minimum absolute atomic E-state index is 0.0200. The lowest BCUT2D eigenvalue weighted by Gasteiger charge is -2.20. The van der Waals surface area contributed by atoms with E-state index >= 15 is 0 Å². The van der Waals surface area contributed by atoms with E-state index in [4.69, 9.17) is 4.74 Å². The van der Waals surface area contributed by atoms with Crippen LogP contribution in [-0.4, -0.2) is 47.4 Å². The van der Waals surface area contributed by atoms with E-state index < -0.39 is 12.1 Å². The number of allylic oxidation sites excluding steroid dienone is 5. The van der Waals surface area contributed by atoms with Gasteiger partial charge in [0.05, 0.1) is 25.4 Å². The summed E-state index contributed by atoms with van der Waals surface area (Å²) in [7, 11) is 0. The van der Waals surface area contributed by atoms with E-state index in [9.17, 15) is 19.8 Å². The molecule has 0 aliphatic heterocycles. The van der Waals surface area contributed by atoms with Gasteiger partial charge in [0.1, 0.15) is 0 Å². The van der Waals surface area contributed by atoms with Crippen molar-refractivity contribution in [2.24, 2.45) is 0 Å². The maximum Gasteiger partial charge on any atom is 0.305 e. The summed E-state index contributed by atoms with van der Waals surface area (Å²) in [5.74, 6) is -0.0377. The molecule has 2 unspecified atom stereocenters. The fraction of sp³-hybridized carbons (Fsp3) is 0.913. The predicted molar refractivity (Wildman–Crippen MR) is 435 cm³/mol. The topological polar surface area (TPSA) is 95.9 Å². The van der Waals surface area contributed by atoms with E-state index in [-0.39, 0.29) is 18.5 Å². The lowest BCUT2D eigenvalue weighted by Crippen LogP contribution is -2.45. The van der Waals surface area contributed by atoms with Crippen LogP contribution >= 0.6 is 0 Å². The molecule has 0 rings (SSSR count). The molecule has 6 heteroatoms. The number of esters is 1. The molecule has 0 fully saturated rings. The van der Waals surface area contributed by atoms with Crippen LogP contribution in [0.4, 0.5) is 0 Å². The van der Waals surface area contributed by atoms with Crippen LogP contribution < -0.4 is 5.32 Å². The molecule has 0 aliphatic rings. The van der Waals surface area contributed by atoms with Gasteiger partial charge in [0.15, 0.2) is 0 Å². The fourth-order valence-corrected chi connectivity index (χ4v) is 14.5. The van der Waals surface area contributed by atoms with E-state index in [0.29, 0.717) is 19.4 Å². The number of hydrogen-bond donors (Lipinski definition) is 3. The zero-order valence-electron chi connectivity index (χ0n) is 66.8. The highest BCUT2D eigenvalue weighted by Crippen LogP contribution is 2.21. The summed E-state index contributed by atoms with van der Waals surface area (Å²) in [6, 6.07) is -0.626. The minimum atomic E-state index is -0.843. The average molecular weight is 1380 g/mol. The normalized spacial score (nSPS) is 12.6. The summed E-state index contributed by atoms with van der Waals surface area (Å²) < 4.78 is 5.52. The van der Waals surface area contributed by atoms with Crippen molar-refractivity contribution >= 4 is 11.9 Å². The summed E-state index contributed by atoms with van der Waals surface area (Å²) >= 11 is 0. The van der Waals surface area contributed by atoms with Crippen molar-refractivity contribution in [3.8, 4) is 0 Å². The molecule has 0 heterocycles. The summed E-state index contributed by atoms with van der Waals surface area (Å²) in [6.07, 6.45) is 116. The zero-order chi connectivity index (χ0) is 70.5. The molecule has 0 aromatic carbocycles. The Kier molecular flexibility index (Phi) is 85.8. The van der Waals surface area contributed by atoms with Gasteiger partial charge >= 0.3 is 5.97 Å². The van der Waals surface area contributed by atoms with Crippen molar-refractivity contribution in [3.05, 3.63) is 36.5 Å². The van der Waals surface area contributed by atoms with Gasteiger partial charge in [0, 0.05) is 12.8 Å². The van der Waals surface area contributed by atoms with Gasteiger partial charge in [-0.25, -0.2) is 0 Å². The molecule has 0 saturated carbocycles. The van der Waals surface area contributed by atoms with Crippen molar-refractivity contribution in [3.63, 3.8) is 0 Å². The highest BCUT2D eigenvalue weighted by molar-refractivity contribution is 5.76. The van der Waals surface area contributed by atoms with Crippen LogP contribution in [0.1, 0.15) is 515 Å². The number of carbonyl (C=O) groups excluding carboxylic acids is 2. The highest BCUT2D eigenvalue weighted by atomic mass is 16.5. The Hall–Kier alpha value is -1.92. The third-order valence-corrected chi connectivity index (χ3v) is 21.4. The van der Waals surface area contributed by atoms with E-state index in [0.717, 1.165) is 38.5 Å². The first kappa shape index (κ1) is 96.1. The quantitative estimate of drug-likeness (QED) is 0.0320. The average Bonchev–Trinajstić information content (AvgIpc) is 1.73. The molecule has 2 atom stereocenters. The Morgan fingerprint density at radius 3 is 0.724 bits per heavy atom. The van der Waals surface area contributed by atoms with Gasteiger partial charge in [-0.15, -0.1) is 0 Å². The molecule has 0 aromatic heterocycles. The Balaban J connectivity index is 3.34. The van der Waals surface area contributed by atoms with E-state index in [1.807, 2.05) is 6.08 Å². The largest absolute Gasteiger partial charge is 0.466 e. The maximum absolute atomic E-state index is 12.6. The zero-order valence-corrected chi connectivity index (χ0v) is 66.8. The second-order valence-corrected chi connectivity index (χ2v) is 31.3. The number of nitrogens with one attached hydrogen (secondary N) is 1. The molecule has 0 aliphatic carbocycles. The van der Waals surface area contributed by atoms with Crippen LogP contribution in [0.2, 0.25) is 0 Å². The van der Waals surface area contributed by atoms with Crippen LogP contribution in [0.25, 0.3) is 0 Å². The smallest absolute Gasteiger partial charge is 0.305 e. The monoisotopic (exact) mass is 1380 g/mol. The first-order valence-corrected chi connectivity index (χ1v) is 45.3. The van der Waals surface area contributed by atoms with E-state index in [1.165, 1.54) is 449 Å². The molecular formula is C92H177NO5. The number of amides is 1. The molecule has 3 N–H and O–H groups in total. The Labute approximate surface area is 614 Å². The maximum atomic E-state index is 12.6. The lowest BCUT2D eigenvalue weighted by molar-refractivity contribution is -0.143. The van der Waals surface area contributed by atoms with Gasteiger partial charge in [-0.3, -0.25) is 9.59 Å². The van der Waals surface area contributed by atoms with Crippen LogP contribution in [0.3, 0.4) is 0 Å². The Bertz CT molecular complexity index is 1590. The molecule has 1 amide bonds. The van der Waals surface area contributed by atoms with E-state index in [1.54, 1.807) is 6.08 Å². The number of hydrogen-bond acceptors (Lipinski definition) is 5. The second kappa shape index (κ2) is 87.5. The van der Waals surface area contributed by atoms with Crippen molar-refractivity contribution in [2.75, 3.05) is 13.2 Å². The van der Waals surface area contributed by atoms with Crippen molar-refractivity contribution in [1.29, 1.82) is 0 Å². The summed E-state index contributed by atoms with van der Waals surface area (Å²) in [4.78, 5) is 24.7. The number of aliphatic hydroxyl groups is 2. The van der Waals surface area contributed by atoms with Gasteiger partial charge in [0.25, 0.3) is 0 Å². The first-order chi connectivity index (χ1) is 48.5. The van der Waals surface area contributed by atoms with Crippen LogP contribution in [-0.2, 0) is 14.3 Å². The third kappa shape index (κ3) is 83.0. The van der Waals surface area contributed by atoms with E-state index in [2.05, 4.69) is 43.5 Å². The third-order valence-electron chi connectivity index (χ3n) is 21.4. The van der Waals surface area contributed by atoms with Crippen molar-refractivity contribution in [1.82, 2.24) is 5.32 Å². The molecule has 580 valence electrons. The lowest BCUT2D eigenvalue weighted by atomic mass is 10.0. The first-order valence-electron chi connectivity index (χ1n) is 45.3. The highest BCUT2D eigenvalue weighted by Gasteiger charge is 2.18. The molecule has 0 radical (unpaired) electrons. The molecule has 98 heavy (non-hydrogen) atoms. The van der Waals surface area contributed by atoms with Crippen molar-refractivity contribution in [2.45, 2.75) is 527 Å². The van der Waals surface area contributed by atoms with Gasteiger partial charge in [-0.2, -0.15) is 0 Å². The van der Waals surface area contributed by atoms with Gasteiger partial charge < -0.3 is 20.3 Å². The number of carbonyl (C=O) groups is 2. The predicted octanol–water partition coefficient (Wildman–Crippen LogP) is 30.5. The minimum Gasteiger partial charge on any atom is -0.466 e. The molecule has 0 bridgehead atoms. The van der Waals surface area contributed by atoms with Gasteiger partial charge in [-0.05, 0) is 83.5 Å². The van der Waals surface area contributed by atoms with Crippen LogP contribution in [0.5, 0.6) is 0 Å².